The molecule has 0 aliphatic carbocycles. The fraction of sp³-hybridized carbons (Fsp3) is 0.652. The van der Waals surface area contributed by atoms with Crippen LogP contribution in [0.1, 0.15) is 89.0 Å². The van der Waals surface area contributed by atoms with Crippen LogP contribution in [0.3, 0.4) is 0 Å². The smallest absolute Gasteiger partial charge is 0.419 e. The van der Waals surface area contributed by atoms with Crippen LogP contribution in [0.5, 0.6) is 0 Å². The van der Waals surface area contributed by atoms with E-state index in [1.165, 1.54) is 25.7 Å². The summed E-state index contributed by atoms with van der Waals surface area (Å²) in [6.45, 7) is 0.441. The highest BCUT2D eigenvalue weighted by molar-refractivity contribution is 5.89. The second kappa shape index (κ2) is 15.5. The number of benzene rings is 1. The van der Waals surface area contributed by atoms with Crippen molar-refractivity contribution in [2.75, 3.05) is 11.9 Å². The molecule has 1 aromatic rings. The van der Waals surface area contributed by atoms with Crippen LogP contribution in [0.2, 0.25) is 0 Å². The maximum absolute atomic E-state index is 13.5. The summed E-state index contributed by atoms with van der Waals surface area (Å²) in [5.41, 5.74) is -1.40. The lowest BCUT2D eigenvalue weighted by molar-refractivity contribution is -0.140. The van der Waals surface area contributed by atoms with Crippen LogP contribution in [-0.4, -0.2) is 23.7 Å². The highest BCUT2D eigenvalue weighted by Crippen LogP contribution is 2.32. The number of nitrogens with one attached hydrogen (secondary N) is 2. The molecule has 0 saturated heterocycles. The Labute approximate surface area is 187 Å². The van der Waals surface area contributed by atoms with Crippen molar-refractivity contribution >= 4 is 17.7 Å². The number of aliphatic carboxylic acids is 1. The van der Waals surface area contributed by atoms with Crippen molar-refractivity contribution in [1.29, 1.82) is 0 Å². The molecule has 0 radical (unpaired) electrons. The summed E-state index contributed by atoms with van der Waals surface area (Å²) in [5.74, 6) is -2.15. The third-order valence-electron chi connectivity index (χ3n) is 5.14. The number of halogens is 4. The van der Waals surface area contributed by atoms with E-state index in [9.17, 15) is 27.2 Å². The van der Waals surface area contributed by atoms with Gasteiger partial charge in [-0.05, 0) is 31.0 Å². The predicted molar refractivity (Wildman–Crippen MR) is 116 cm³/mol. The third-order valence-corrected chi connectivity index (χ3v) is 5.14. The van der Waals surface area contributed by atoms with Crippen molar-refractivity contribution < 1.29 is 32.3 Å². The van der Waals surface area contributed by atoms with Gasteiger partial charge < -0.3 is 15.7 Å². The minimum absolute atomic E-state index is 0.0340. The second-order valence-corrected chi connectivity index (χ2v) is 7.96. The fourth-order valence-corrected chi connectivity index (χ4v) is 3.37. The maximum atomic E-state index is 13.5. The van der Waals surface area contributed by atoms with Gasteiger partial charge in [0.1, 0.15) is 5.82 Å². The van der Waals surface area contributed by atoms with E-state index < -0.39 is 29.6 Å². The molecule has 1 rings (SSSR count). The van der Waals surface area contributed by atoms with Gasteiger partial charge in [-0.2, -0.15) is 13.2 Å². The minimum Gasteiger partial charge on any atom is -0.481 e. The number of amides is 2. The molecule has 2 amide bonds. The van der Waals surface area contributed by atoms with Crippen LogP contribution >= 0.6 is 0 Å². The van der Waals surface area contributed by atoms with Gasteiger partial charge in [-0.1, -0.05) is 64.2 Å². The number of carboxylic acids is 1. The molecule has 0 aromatic heterocycles. The van der Waals surface area contributed by atoms with Crippen molar-refractivity contribution in [3.63, 3.8) is 0 Å². The average molecular weight is 463 g/mol. The number of anilines is 1. The molecule has 0 saturated carbocycles. The monoisotopic (exact) mass is 462 g/mol. The van der Waals surface area contributed by atoms with Crippen molar-refractivity contribution in [3.05, 3.63) is 29.6 Å². The molecule has 0 aliphatic heterocycles. The molecule has 0 heterocycles. The fourth-order valence-electron chi connectivity index (χ4n) is 3.37. The van der Waals surface area contributed by atoms with Crippen molar-refractivity contribution in [2.45, 2.75) is 89.6 Å². The van der Waals surface area contributed by atoms with Crippen LogP contribution in [0.15, 0.2) is 18.2 Å². The van der Waals surface area contributed by atoms with Crippen LogP contribution in [0, 0.1) is 5.82 Å². The van der Waals surface area contributed by atoms with Gasteiger partial charge in [-0.25, -0.2) is 9.18 Å². The van der Waals surface area contributed by atoms with Crippen LogP contribution in [0.4, 0.5) is 28.0 Å². The van der Waals surface area contributed by atoms with E-state index in [-0.39, 0.29) is 12.1 Å². The van der Waals surface area contributed by atoms with Gasteiger partial charge in [-0.15, -0.1) is 0 Å². The molecule has 0 fully saturated rings. The SMILES string of the molecule is O=C(O)CCCCCCCCCCCCCCNC(=O)Nc1ccc(C(F)(F)F)c(F)c1. The summed E-state index contributed by atoms with van der Waals surface area (Å²) in [7, 11) is 0. The number of carboxylic acid groups (broad SMARTS) is 1. The zero-order valence-electron chi connectivity index (χ0n) is 18.4. The van der Waals surface area contributed by atoms with Crippen molar-refractivity contribution in [3.8, 4) is 0 Å². The zero-order chi connectivity index (χ0) is 23.8. The van der Waals surface area contributed by atoms with Crippen LogP contribution in [0.25, 0.3) is 0 Å². The largest absolute Gasteiger partial charge is 0.481 e. The molecular weight excluding hydrogens is 428 g/mol. The summed E-state index contributed by atoms with van der Waals surface area (Å²) in [6.07, 6.45) is 8.23. The highest BCUT2D eigenvalue weighted by Gasteiger charge is 2.33. The standard InChI is InChI=1S/C23H34F4N2O3/c24-20-17-18(14-15-19(20)23(25,26)27)29-22(32)28-16-12-10-8-6-4-2-1-3-5-7-9-11-13-21(30)31/h14-15,17H,1-13,16H2,(H,30,31)(H2,28,29,32). The molecule has 182 valence electrons. The number of rotatable bonds is 16. The zero-order valence-corrected chi connectivity index (χ0v) is 18.4. The van der Waals surface area contributed by atoms with E-state index in [0.717, 1.165) is 57.4 Å². The van der Waals surface area contributed by atoms with Gasteiger partial charge in [0.2, 0.25) is 0 Å². The van der Waals surface area contributed by atoms with Gasteiger partial charge >= 0.3 is 18.2 Å². The molecule has 0 bridgehead atoms. The third kappa shape index (κ3) is 13.2. The number of hydrogen-bond donors (Lipinski definition) is 3. The number of alkyl halides is 3. The predicted octanol–water partition coefficient (Wildman–Crippen LogP) is 7.12. The number of carbonyl (C=O) groups excluding carboxylic acids is 1. The van der Waals surface area contributed by atoms with Crippen LogP contribution < -0.4 is 10.6 Å². The van der Waals surface area contributed by atoms with E-state index in [1.807, 2.05) is 0 Å². The van der Waals surface area contributed by atoms with Gasteiger partial charge in [-0.3, -0.25) is 4.79 Å². The summed E-state index contributed by atoms with van der Waals surface area (Å²) in [6, 6.07) is 1.70. The Kier molecular flexibility index (Phi) is 13.4. The molecule has 0 unspecified atom stereocenters. The van der Waals surface area contributed by atoms with Gasteiger partial charge in [0.15, 0.2) is 0 Å². The first-order valence-electron chi connectivity index (χ1n) is 11.3. The number of urea groups is 1. The van der Waals surface area contributed by atoms with E-state index >= 15 is 0 Å². The van der Waals surface area contributed by atoms with Gasteiger partial charge in [0, 0.05) is 18.7 Å². The lowest BCUT2D eigenvalue weighted by atomic mass is 10.0. The first-order valence-corrected chi connectivity index (χ1v) is 11.3. The van der Waals surface area contributed by atoms with Gasteiger partial charge in [0.05, 0.1) is 5.56 Å². The molecule has 5 nitrogen and oxygen atoms in total. The van der Waals surface area contributed by atoms with Gasteiger partial charge in [0.25, 0.3) is 0 Å². The first kappa shape index (κ1) is 27.7. The quantitative estimate of drug-likeness (QED) is 0.181. The molecule has 9 heteroatoms. The highest BCUT2D eigenvalue weighted by atomic mass is 19.4. The van der Waals surface area contributed by atoms with Crippen LogP contribution in [-0.2, 0) is 11.0 Å². The summed E-state index contributed by atoms with van der Waals surface area (Å²) in [4.78, 5) is 22.2. The maximum Gasteiger partial charge on any atom is 0.419 e. The normalized spacial score (nSPS) is 11.4. The molecule has 0 aliphatic rings. The van der Waals surface area contributed by atoms with Crippen molar-refractivity contribution in [2.24, 2.45) is 0 Å². The molecule has 0 spiro atoms. The summed E-state index contributed by atoms with van der Waals surface area (Å²) < 4.78 is 51.1. The molecule has 32 heavy (non-hydrogen) atoms. The lowest BCUT2D eigenvalue weighted by Crippen LogP contribution is -2.29. The Morgan fingerprint density at radius 2 is 1.31 bits per heavy atom. The minimum atomic E-state index is -4.77. The Morgan fingerprint density at radius 3 is 1.78 bits per heavy atom. The van der Waals surface area contributed by atoms with E-state index in [0.29, 0.717) is 18.7 Å². The summed E-state index contributed by atoms with van der Waals surface area (Å²) >= 11 is 0. The van der Waals surface area contributed by atoms with E-state index in [1.54, 1.807) is 0 Å². The van der Waals surface area contributed by atoms with Crippen molar-refractivity contribution in [1.82, 2.24) is 5.32 Å². The summed E-state index contributed by atoms with van der Waals surface area (Å²) in [5, 5.41) is 13.5. The number of unbranched alkanes of at least 4 members (excludes halogenated alkanes) is 11. The molecule has 0 atom stereocenters. The Hall–Kier alpha value is -2.32. The Bertz CT molecular complexity index is 696. The Balaban J connectivity index is 1.97. The average Bonchev–Trinajstić information content (AvgIpc) is 2.69. The lowest BCUT2D eigenvalue weighted by Gasteiger charge is -2.11. The number of carbonyl (C=O) groups is 2. The molecule has 3 N–H and O–H groups in total. The van der Waals surface area contributed by atoms with E-state index in [2.05, 4.69) is 10.6 Å². The number of hydrogen-bond acceptors (Lipinski definition) is 2. The first-order chi connectivity index (χ1) is 15.2. The topological polar surface area (TPSA) is 78.4 Å². The van der Waals surface area contributed by atoms with E-state index in [4.69, 9.17) is 5.11 Å². The second-order valence-electron chi connectivity index (χ2n) is 7.96. The Morgan fingerprint density at radius 1 is 0.812 bits per heavy atom. The molecule has 1 aromatic carbocycles. The molecular formula is C23H34F4N2O3.